The van der Waals surface area contributed by atoms with Gasteiger partial charge < -0.3 is 24.9 Å². The Hall–Kier alpha value is -2.98. The molecule has 2 fully saturated rings. The number of hydrogen-bond acceptors (Lipinski definition) is 6. The lowest BCUT2D eigenvalue weighted by molar-refractivity contribution is -0.122. The smallest absolute Gasteiger partial charge is 0.233 e. The van der Waals surface area contributed by atoms with Crippen LogP contribution < -0.4 is 15.1 Å². The molecular weight excluding hydrogens is 400 g/mol. The molecule has 1 aromatic carbocycles. The number of nitrogens with one attached hydrogen (secondary N) is 1. The van der Waals surface area contributed by atoms with Crippen molar-refractivity contribution in [1.29, 1.82) is 5.26 Å². The molecule has 1 saturated heterocycles. The second-order valence-corrected chi connectivity index (χ2v) is 9.25. The number of nitriles is 1. The first-order chi connectivity index (χ1) is 15.3. The summed E-state index contributed by atoms with van der Waals surface area (Å²) in [5, 5.41) is 12.6. The summed E-state index contributed by atoms with van der Waals surface area (Å²) in [5.41, 5.74) is 2.75. The van der Waals surface area contributed by atoms with Gasteiger partial charge >= 0.3 is 0 Å². The molecule has 7 nitrogen and oxygen atoms in total. The molecular formula is C25H36N6O. The van der Waals surface area contributed by atoms with Crippen molar-refractivity contribution >= 4 is 17.3 Å². The summed E-state index contributed by atoms with van der Waals surface area (Å²) >= 11 is 0. The zero-order chi connectivity index (χ0) is 23.5. The number of anilines is 2. The fraction of sp³-hybridized carbons (Fsp3) is 0.520. The highest BCUT2D eigenvalue weighted by Crippen LogP contribution is 2.59. The molecule has 32 heavy (non-hydrogen) atoms. The van der Waals surface area contributed by atoms with Crippen molar-refractivity contribution in [3.05, 3.63) is 48.9 Å². The summed E-state index contributed by atoms with van der Waals surface area (Å²) < 4.78 is 0. The van der Waals surface area contributed by atoms with Gasteiger partial charge in [-0.05, 0) is 69.7 Å². The molecule has 0 bridgehead atoms. The molecule has 172 valence electrons. The molecule has 1 spiro atoms. The van der Waals surface area contributed by atoms with Crippen molar-refractivity contribution < 1.29 is 4.79 Å². The van der Waals surface area contributed by atoms with Gasteiger partial charge in [-0.25, -0.2) is 0 Å². The van der Waals surface area contributed by atoms with E-state index in [-0.39, 0.29) is 17.4 Å². The van der Waals surface area contributed by atoms with E-state index < -0.39 is 0 Å². The second-order valence-electron chi connectivity index (χ2n) is 9.25. The average Bonchev–Trinajstić information content (AvgIpc) is 3.36. The highest BCUT2D eigenvalue weighted by atomic mass is 16.2. The van der Waals surface area contributed by atoms with Gasteiger partial charge in [-0.3, -0.25) is 4.79 Å². The predicted octanol–water partition coefficient (Wildman–Crippen LogP) is 2.98. The molecule has 1 heterocycles. The lowest BCUT2D eigenvalue weighted by Crippen LogP contribution is -2.31. The van der Waals surface area contributed by atoms with Crippen LogP contribution in [0.4, 0.5) is 11.4 Å². The largest absolute Gasteiger partial charge is 0.393 e. The first-order valence-corrected chi connectivity index (χ1v) is 11.2. The molecule has 1 N–H and O–H groups in total. The van der Waals surface area contributed by atoms with E-state index in [1.54, 1.807) is 6.20 Å². The van der Waals surface area contributed by atoms with Crippen LogP contribution in [0.15, 0.2) is 43.4 Å². The van der Waals surface area contributed by atoms with Crippen LogP contribution in [0.2, 0.25) is 0 Å². The van der Waals surface area contributed by atoms with Crippen LogP contribution in [0.3, 0.4) is 0 Å². The van der Waals surface area contributed by atoms with Crippen LogP contribution in [-0.4, -0.2) is 63.0 Å². The molecule has 1 unspecified atom stereocenters. The van der Waals surface area contributed by atoms with E-state index in [2.05, 4.69) is 43.0 Å². The molecule has 3 atom stereocenters. The van der Waals surface area contributed by atoms with Crippen LogP contribution in [-0.2, 0) is 11.3 Å². The maximum absolute atomic E-state index is 13.4. The summed E-state index contributed by atoms with van der Waals surface area (Å²) in [7, 11) is 7.94. The van der Waals surface area contributed by atoms with Gasteiger partial charge in [0.1, 0.15) is 6.04 Å². The summed E-state index contributed by atoms with van der Waals surface area (Å²) in [4.78, 5) is 21.5. The topological polar surface area (TPSA) is 65.8 Å². The molecule has 1 aromatic rings. The van der Waals surface area contributed by atoms with E-state index in [4.69, 9.17) is 0 Å². The number of amides is 1. The molecule has 1 aliphatic heterocycles. The average molecular weight is 437 g/mol. The normalized spacial score (nSPS) is 23.0. The number of carbonyl (C=O) groups is 1. The van der Waals surface area contributed by atoms with Crippen molar-refractivity contribution in [2.24, 2.45) is 11.3 Å². The van der Waals surface area contributed by atoms with Crippen LogP contribution in [0.1, 0.15) is 25.3 Å². The molecule has 2 aliphatic rings. The number of nitrogens with zero attached hydrogens (tertiary/aromatic N) is 5. The van der Waals surface area contributed by atoms with Crippen LogP contribution in [0.25, 0.3) is 0 Å². The second kappa shape index (κ2) is 9.66. The fourth-order valence-corrected chi connectivity index (χ4v) is 4.75. The van der Waals surface area contributed by atoms with E-state index in [1.807, 2.05) is 60.3 Å². The van der Waals surface area contributed by atoms with Crippen molar-refractivity contribution in [1.82, 2.24) is 15.1 Å². The van der Waals surface area contributed by atoms with E-state index in [0.717, 1.165) is 42.9 Å². The standard InChI is InChI=1S/C25H36N6O/c1-7-29(6)17-20-14-22(8-9-23(20)30(13-11-27-3)19(2)16-26)31-12-10-25(24(31)32)15-21(25)18-28(4)5/h7-9,11,13-14,19,21,27H,1,10,12,15,17-18H2,2-6H3/b13-11-/t19?,21-,25+/m1/s1. The third-order valence-electron chi connectivity index (χ3n) is 6.66. The maximum Gasteiger partial charge on any atom is 0.233 e. The Bertz CT molecular complexity index is 919. The fourth-order valence-electron chi connectivity index (χ4n) is 4.75. The molecule has 3 rings (SSSR count). The lowest BCUT2D eigenvalue weighted by Gasteiger charge is -2.28. The number of rotatable bonds is 10. The first kappa shape index (κ1) is 23.7. The quantitative estimate of drug-likeness (QED) is 0.608. The van der Waals surface area contributed by atoms with Crippen molar-refractivity contribution in [2.45, 2.75) is 32.4 Å². The van der Waals surface area contributed by atoms with Crippen molar-refractivity contribution in [2.75, 3.05) is 51.1 Å². The monoisotopic (exact) mass is 436 g/mol. The van der Waals surface area contributed by atoms with Crippen LogP contribution in [0, 0.1) is 22.7 Å². The predicted molar refractivity (Wildman–Crippen MR) is 130 cm³/mol. The number of hydrogen-bond donors (Lipinski definition) is 1. The maximum atomic E-state index is 13.4. The SMILES string of the molecule is C=CN(C)Cc1cc(N2CC[C@@]3(C[C@@H]3CN(C)C)C2=O)ccc1N(/C=C\NC)C(C)C#N. The van der Waals surface area contributed by atoms with E-state index in [0.29, 0.717) is 12.5 Å². The minimum absolute atomic E-state index is 0.169. The molecule has 1 saturated carbocycles. The molecule has 7 heteroatoms. The van der Waals surface area contributed by atoms with E-state index in [9.17, 15) is 10.1 Å². The summed E-state index contributed by atoms with van der Waals surface area (Å²) in [6.07, 6.45) is 7.40. The third kappa shape index (κ3) is 4.61. The van der Waals surface area contributed by atoms with Gasteiger partial charge in [-0.2, -0.15) is 5.26 Å². The van der Waals surface area contributed by atoms with Crippen LogP contribution >= 0.6 is 0 Å². The summed E-state index contributed by atoms with van der Waals surface area (Å²) in [6.45, 7) is 8.10. The Morgan fingerprint density at radius 2 is 2.16 bits per heavy atom. The van der Waals surface area contributed by atoms with Gasteiger partial charge in [-0.15, -0.1) is 0 Å². The van der Waals surface area contributed by atoms with Gasteiger partial charge in [0.05, 0.1) is 11.5 Å². The van der Waals surface area contributed by atoms with Gasteiger partial charge in [-0.1, -0.05) is 6.58 Å². The zero-order valence-electron chi connectivity index (χ0n) is 20.0. The van der Waals surface area contributed by atoms with Crippen LogP contribution in [0.5, 0.6) is 0 Å². The Morgan fingerprint density at radius 3 is 2.78 bits per heavy atom. The van der Waals surface area contributed by atoms with Crippen molar-refractivity contribution in [3.63, 3.8) is 0 Å². The first-order valence-electron chi connectivity index (χ1n) is 11.2. The molecule has 0 radical (unpaired) electrons. The minimum Gasteiger partial charge on any atom is -0.393 e. The molecule has 1 aliphatic carbocycles. The van der Waals surface area contributed by atoms with Crippen molar-refractivity contribution in [3.8, 4) is 6.07 Å². The Kier molecular flexibility index (Phi) is 7.15. The Balaban J connectivity index is 1.93. The lowest BCUT2D eigenvalue weighted by atomic mass is 10.0. The third-order valence-corrected chi connectivity index (χ3v) is 6.66. The van der Waals surface area contributed by atoms with Gasteiger partial charge in [0.2, 0.25) is 5.91 Å². The van der Waals surface area contributed by atoms with E-state index >= 15 is 0 Å². The Labute approximate surface area is 192 Å². The zero-order valence-corrected chi connectivity index (χ0v) is 20.0. The van der Waals surface area contributed by atoms with E-state index in [1.165, 1.54) is 0 Å². The minimum atomic E-state index is -0.340. The Morgan fingerprint density at radius 1 is 1.41 bits per heavy atom. The summed E-state index contributed by atoms with van der Waals surface area (Å²) in [5.74, 6) is 0.719. The number of carbonyl (C=O) groups excluding carboxylic acids is 1. The number of benzene rings is 1. The molecule has 1 amide bonds. The van der Waals surface area contributed by atoms with Gasteiger partial charge in [0, 0.05) is 57.5 Å². The highest BCUT2D eigenvalue weighted by molar-refractivity contribution is 6.02. The highest BCUT2D eigenvalue weighted by Gasteiger charge is 2.63. The van der Waals surface area contributed by atoms with Gasteiger partial charge in [0.25, 0.3) is 0 Å². The van der Waals surface area contributed by atoms with Gasteiger partial charge in [0.15, 0.2) is 0 Å². The molecule has 0 aromatic heterocycles. The summed E-state index contributed by atoms with van der Waals surface area (Å²) in [6, 6.07) is 8.12.